The second-order valence-electron chi connectivity index (χ2n) is 16.1. The van der Waals surface area contributed by atoms with Crippen molar-refractivity contribution in [3.05, 3.63) is 99.5 Å². The topological polar surface area (TPSA) is 198 Å². The first-order valence-electron chi connectivity index (χ1n) is 22.0. The summed E-state index contributed by atoms with van der Waals surface area (Å²) in [6.45, 7) is 1.39. The van der Waals surface area contributed by atoms with Gasteiger partial charge in [-0.15, -0.1) is 0 Å². The number of fused-ring (bicyclic) bond motifs is 4. The molecule has 0 aliphatic carbocycles. The minimum absolute atomic E-state index is 0.127. The number of rotatable bonds is 15. The zero-order chi connectivity index (χ0) is 49.1. The van der Waals surface area contributed by atoms with Crippen LogP contribution in [0.2, 0.25) is 5.28 Å². The number of methoxy groups -OCH3 is 1. The van der Waals surface area contributed by atoms with Gasteiger partial charge in [-0.3, -0.25) is 19.6 Å². The number of hydrogen-bond donors (Lipinski definition) is 4. The summed E-state index contributed by atoms with van der Waals surface area (Å²) in [7, 11) is 7.61. The van der Waals surface area contributed by atoms with Gasteiger partial charge >= 0.3 is 0 Å². The van der Waals surface area contributed by atoms with Crippen molar-refractivity contribution in [2.24, 2.45) is 12.0 Å². The fourth-order valence-electron chi connectivity index (χ4n) is 8.62. The van der Waals surface area contributed by atoms with Gasteiger partial charge in [0.15, 0.2) is 0 Å². The summed E-state index contributed by atoms with van der Waals surface area (Å²) in [5.41, 5.74) is 17.7. The van der Waals surface area contributed by atoms with Crippen molar-refractivity contribution in [2.45, 2.75) is 31.4 Å². The van der Waals surface area contributed by atoms with Crippen LogP contribution in [0.3, 0.4) is 0 Å². The summed E-state index contributed by atoms with van der Waals surface area (Å²) in [6.07, 6.45) is 20.7. The largest absolute Gasteiger partial charge is 0.494 e. The number of allylic oxidation sites excluding steroid dienone is 1. The minimum atomic E-state index is -0.138. The summed E-state index contributed by atoms with van der Waals surface area (Å²) in [5.74, 6) is 2.12. The van der Waals surface area contributed by atoms with E-state index in [0.717, 1.165) is 82.1 Å². The Balaban J connectivity index is 0.955. The zero-order valence-corrected chi connectivity index (χ0v) is 44.5. The number of nitrogens with zero attached hydrogens (tertiary/aromatic N) is 12. The average molecular weight is 1130 g/mol. The number of nitrogens with two attached hydrogens (primary N) is 1. The second-order valence-corrected chi connectivity index (χ2v) is 20.0. The molecule has 2 unspecified atom stereocenters. The molecule has 2 aliphatic heterocycles. The van der Waals surface area contributed by atoms with Gasteiger partial charge in [0.1, 0.15) is 22.9 Å². The third-order valence-corrected chi connectivity index (χ3v) is 14.9. The van der Waals surface area contributed by atoms with Gasteiger partial charge in [-0.1, -0.05) is 30.0 Å². The molecule has 0 saturated carbocycles. The van der Waals surface area contributed by atoms with Crippen LogP contribution in [0.15, 0.2) is 93.5 Å². The first kappa shape index (κ1) is 49.1. The number of hydrogen-bond acceptors (Lipinski definition) is 19. The van der Waals surface area contributed by atoms with Crippen molar-refractivity contribution in [3.8, 4) is 16.9 Å². The van der Waals surface area contributed by atoms with E-state index in [1.54, 1.807) is 50.1 Å². The first-order chi connectivity index (χ1) is 33.9. The molecule has 1 saturated heterocycles. The fourth-order valence-corrected chi connectivity index (χ4v) is 10.1. The maximum atomic E-state index is 6.76. The Kier molecular flexibility index (Phi) is 15.2. The molecule has 9 rings (SSSR count). The van der Waals surface area contributed by atoms with E-state index in [2.05, 4.69) is 100 Å². The minimum Gasteiger partial charge on any atom is -0.494 e. The lowest BCUT2D eigenvalue weighted by molar-refractivity contribution is 0.0360. The maximum Gasteiger partial charge on any atom is 0.229 e. The lowest BCUT2D eigenvalue weighted by Gasteiger charge is -2.39. The summed E-state index contributed by atoms with van der Waals surface area (Å²) in [4.78, 5) is 34.4. The van der Waals surface area contributed by atoms with E-state index in [0.29, 0.717) is 55.9 Å². The molecule has 4 aromatic heterocycles. The summed E-state index contributed by atoms with van der Waals surface area (Å²) >= 11 is 16.4. The normalized spacial score (nSPS) is 15.8. The SMILES string of the molecule is COc1cc2c(cc1Nc1ncc(Br)c(Nc3ccc4nccnc4c3N(C)SC)n1)-c1cnn(C)c1CCN2C1CCOC(/C=C/C=N\c2ccc(Nc3nc(Cl)ncc3Br)c(N(C)SC)c2N)C1. The molecular formula is C47H49Br2ClN16O2S2. The Morgan fingerprint density at radius 3 is 2.41 bits per heavy atom. The molecule has 1 fully saturated rings. The van der Waals surface area contributed by atoms with Gasteiger partial charge in [-0.2, -0.15) is 15.1 Å². The van der Waals surface area contributed by atoms with Crippen LogP contribution in [0.5, 0.6) is 5.75 Å². The molecule has 0 amide bonds. The predicted molar refractivity (Wildman–Crippen MR) is 295 cm³/mol. The number of aryl methyl sites for hydroxylation is 1. The van der Waals surface area contributed by atoms with E-state index in [1.807, 2.05) is 79.2 Å². The van der Waals surface area contributed by atoms with Gasteiger partial charge in [0.25, 0.3) is 0 Å². The third kappa shape index (κ3) is 10.3. The monoisotopic (exact) mass is 1130 g/mol. The molecule has 5 N–H and O–H groups in total. The molecule has 2 aliphatic rings. The highest BCUT2D eigenvalue weighted by atomic mass is 79.9. The van der Waals surface area contributed by atoms with E-state index in [1.165, 1.54) is 11.9 Å². The van der Waals surface area contributed by atoms with Crippen LogP contribution in [0.1, 0.15) is 18.5 Å². The standard InChI is InChI=1S/C47H49Br2ClN16O2S2/c1-63-37-13-18-66(26-14-19-68-27(20-26)8-7-15-52-32-9-11-34(42(40(32)51)64(2)69-5)58-44-30(48)24-55-46(50)61-44)38-22-39(67-4)36(21-28(38)29(37)23-57-63)60-47-56-25-31(49)45(62-47)59-35-12-10-33-41(54-17-16-53-33)43(35)65(3)70-6/h7-12,15-17,21-27H,13-14,18-20,51H2,1-6H3,(H,55,58,61)(H2,56,59,60,62)/b8-7+,52-15-. The van der Waals surface area contributed by atoms with Crippen LogP contribution in [0.25, 0.3) is 22.2 Å². The third-order valence-electron chi connectivity index (χ3n) is 12.1. The van der Waals surface area contributed by atoms with Gasteiger partial charge in [0.2, 0.25) is 11.2 Å². The molecule has 6 heterocycles. The Labute approximate surface area is 435 Å². The van der Waals surface area contributed by atoms with Gasteiger partial charge in [-0.25, -0.2) is 9.97 Å². The lowest BCUT2D eigenvalue weighted by Crippen LogP contribution is -2.43. The molecule has 0 spiro atoms. The smallest absolute Gasteiger partial charge is 0.229 e. The Morgan fingerprint density at radius 2 is 1.63 bits per heavy atom. The van der Waals surface area contributed by atoms with Gasteiger partial charge in [-0.05, 0) is 92.7 Å². The van der Waals surface area contributed by atoms with Crippen molar-refractivity contribution in [2.75, 3.05) is 82.1 Å². The van der Waals surface area contributed by atoms with E-state index >= 15 is 0 Å². The highest BCUT2D eigenvalue weighted by molar-refractivity contribution is 9.11. The average Bonchev–Trinajstić information content (AvgIpc) is 3.65. The molecule has 0 bridgehead atoms. The molecule has 18 nitrogen and oxygen atoms in total. The van der Waals surface area contributed by atoms with Gasteiger partial charge in [0, 0.05) is 119 Å². The Hall–Kier alpha value is -5.91. The lowest BCUT2D eigenvalue weighted by atomic mass is 9.98. The van der Waals surface area contributed by atoms with Crippen LogP contribution < -0.4 is 39.9 Å². The highest BCUT2D eigenvalue weighted by Crippen LogP contribution is 2.46. The number of ether oxygens (including phenoxy) is 2. The Morgan fingerprint density at radius 1 is 0.900 bits per heavy atom. The van der Waals surface area contributed by atoms with Gasteiger partial charge < -0.3 is 44.7 Å². The van der Waals surface area contributed by atoms with Crippen LogP contribution >= 0.6 is 67.4 Å². The summed E-state index contributed by atoms with van der Waals surface area (Å²) < 4.78 is 19.8. The maximum absolute atomic E-state index is 6.76. The molecule has 362 valence electrons. The van der Waals surface area contributed by atoms with Crippen molar-refractivity contribution in [1.29, 1.82) is 0 Å². The number of aromatic nitrogens is 8. The molecule has 70 heavy (non-hydrogen) atoms. The quantitative estimate of drug-likeness (QED) is 0.0327. The first-order valence-corrected chi connectivity index (χ1v) is 26.3. The predicted octanol–water partition coefficient (Wildman–Crippen LogP) is 10.9. The van der Waals surface area contributed by atoms with Crippen molar-refractivity contribution >= 4 is 148 Å². The van der Waals surface area contributed by atoms with E-state index in [9.17, 15) is 0 Å². The fraction of sp³-hybridized carbons (Fsp3) is 0.277. The second kappa shape index (κ2) is 21.6. The number of benzene rings is 3. The number of nitrogens with one attached hydrogen (secondary N) is 3. The molecule has 7 aromatic rings. The van der Waals surface area contributed by atoms with Crippen LogP contribution in [0.4, 0.5) is 63.1 Å². The molecule has 3 aromatic carbocycles. The molecular weight excluding hydrogens is 1080 g/mol. The van der Waals surface area contributed by atoms with Crippen LogP contribution in [-0.2, 0) is 18.2 Å². The van der Waals surface area contributed by atoms with Crippen molar-refractivity contribution in [1.82, 2.24) is 39.7 Å². The number of nitrogen functional groups attached to an aromatic ring is 1. The summed E-state index contributed by atoms with van der Waals surface area (Å²) in [5, 5.41) is 15.1. The van der Waals surface area contributed by atoms with E-state index < -0.39 is 0 Å². The number of aliphatic imine (C=N–C) groups is 1. The Bertz CT molecular complexity index is 3130. The van der Waals surface area contributed by atoms with Crippen LogP contribution in [-0.4, -0.2) is 105 Å². The summed E-state index contributed by atoms with van der Waals surface area (Å²) in [6, 6.07) is 12.1. The number of halogens is 3. The van der Waals surface area contributed by atoms with Crippen molar-refractivity contribution in [3.63, 3.8) is 0 Å². The molecule has 0 radical (unpaired) electrons. The molecule has 2 atom stereocenters. The van der Waals surface area contributed by atoms with Gasteiger partial charge in [0.05, 0.1) is 73.7 Å². The number of anilines is 10. The zero-order valence-electron chi connectivity index (χ0n) is 39.0. The van der Waals surface area contributed by atoms with E-state index in [4.69, 9.17) is 41.9 Å². The van der Waals surface area contributed by atoms with Crippen LogP contribution in [0, 0.1) is 0 Å². The van der Waals surface area contributed by atoms with E-state index in [-0.39, 0.29) is 17.4 Å². The van der Waals surface area contributed by atoms with Crippen molar-refractivity contribution < 1.29 is 9.47 Å². The highest BCUT2D eigenvalue weighted by Gasteiger charge is 2.32. The molecule has 23 heteroatoms.